The minimum Gasteiger partial charge on any atom is -0.392 e. The molecule has 1 heterocycles. The van der Waals surface area contributed by atoms with Crippen LogP contribution in [-0.4, -0.2) is 16.3 Å². The molecule has 0 aliphatic heterocycles. The van der Waals surface area contributed by atoms with Gasteiger partial charge in [-0.25, -0.2) is 0 Å². The summed E-state index contributed by atoms with van der Waals surface area (Å²) in [5.74, 6) is 0. The van der Waals surface area contributed by atoms with E-state index in [9.17, 15) is 0 Å². The summed E-state index contributed by atoms with van der Waals surface area (Å²) in [6, 6.07) is 1.90. The number of nitrogens with zero attached hydrogens (tertiary/aromatic N) is 1. The minimum absolute atomic E-state index is 0.0734. The number of aliphatic hydroxyl groups excluding tert-OH is 1. The summed E-state index contributed by atoms with van der Waals surface area (Å²) in [6.45, 7) is 0.0734. The molecule has 1 aromatic rings. The van der Waals surface area contributed by atoms with Gasteiger partial charge in [-0.1, -0.05) is 0 Å². The predicted molar refractivity (Wildman–Crippen MR) is 41.9 cm³/mol. The van der Waals surface area contributed by atoms with Crippen molar-refractivity contribution >= 4 is 11.8 Å². The molecule has 54 valence electrons. The van der Waals surface area contributed by atoms with Gasteiger partial charge in [-0.2, -0.15) is 0 Å². The van der Waals surface area contributed by atoms with E-state index in [1.807, 2.05) is 12.3 Å². The highest BCUT2D eigenvalue weighted by atomic mass is 32.2. The molecular weight excluding hydrogens is 146 g/mol. The van der Waals surface area contributed by atoms with Gasteiger partial charge in [0.1, 0.15) is 0 Å². The summed E-state index contributed by atoms with van der Waals surface area (Å²) in [7, 11) is 0. The Morgan fingerprint density at radius 2 is 2.50 bits per heavy atom. The van der Waals surface area contributed by atoms with Gasteiger partial charge in [0, 0.05) is 22.9 Å². The van der Waals surface area contributed by atoms with Gasteiger partial charge in [-0.3, -0.25) is 4.98 Å². The predicted octanol–water partition coefficient (Wildman–Crippen LogP) is 1.30. The quantitative estimate of drug-likeness (QED) is 0.653. The van der Waals surface area contributed by atoms with Crippen molar-refractivity contribution in [2.75, 3.05) is 6.26 Å². The number of aliphatic hydroxyl groups is 1. The molecule has 0 aliphatic carbocycles. The number of hydrogen-bond donors (Lipinski definition) is 1. The van der Waals surface area contributed by atoms with Crippen molar-refractivity contribution in [2.45, 2.75) is 11.5 Å². The summed E-state index contributed by atoms with van der Waals surface area (Å²) in [5, 5.41) is 8.80. The highest BCUT2D eigenvalue weighted by Crippen LogP contribution is 2.17. The van der Waals surface area contributed by atoms with Crippen LogP contribution in [0.5, 0.6) is 0 Å². The third kappa shape index (κ3) is 1.49. The highest BCUT2D eigenvalue weighted by molar-refractivity contribution is 7.98. The Kier molecular flexibility index (Phi) is 2.71. The van der Waals surface area contributed by atoms with Crippen molar-refractivity contribution in [1.29, 1.82) is 0 Å². The molecule has 0 atom stereocenters. The van der Waals surface area contributed by atoms with Crippen LogP contribution in [-0.2, 0) is 6.61 Å². The molecule has 1 rings (SSSR count). The van der Waals surface area contributed by atoms with Gasteiger partial charge in [0.2, 0.25) is 0 Å². The lowest BCUT2D eigenvalue weighted by Gasteiger charge is -2.00. The Morgan fingerprint density at radius 3 is 3.00 bits per heavy atom. The molecule has 0 amide bonds. The first-order valence-electron chi connectivity index (χ1n) is 2.96. The first-order valence-corrected chi connectivity index (χ1v) is 4.18. The lowest BCUT2D eigenvalue weighted by Crippen LogP contribution is -1.87. The summed E-state index contributed by atoms with van der Waals surface area (Å²) in [4.78, 5) is 4.99. The molecule has 1 aromatic heterocycles. The Labute approximate surface area is 64.3 Å². The second-order valence-corrected chi connectivity index (χ2v) is 2.69. The van der Waals surface area contributed by atoms with E-state index in [0.29, 0.717) is 0 Å². The van der Waals surface area contributed by atoms with Crippen molar-refractivity contribution in [3.05, 3.63) is 24.0 Å². The first-order chi connectivity index (χ1) is 4.88. The average Bonchev–Trinajstić information content (AvgIpc) is 2.04. The topological polar surface area (TPSA) is 33.1 Å². The molecule has 3 heteroatoms. The third-order valence-electron chi connectivity index (χ3n) is 1.25. The van der Waals surface area contributed by atoms with Gasteiger partial charge in [-0.05, 0) is 12.3 Å². The molecule has 2 nitrogen and oxygen atoms in total. The zero-order valence-electron chi connectivity index (χ0n) is 5.74. The average molecular weight is 155 g/mol. The zero-order chi connectivity index (χ0) is 7.40. The Balaban J connectivity index is 2.96. The molecular formula is C7H9NOS. The second kappa shape index (κ2) is 3.58. The maximum absolute atomic E-state index is 8.80. The zero-order valence-corrected chi connectivity index (χ0v) is 6.56. The van der Waals surface area contributed by atoms with E-state index in [0.717, 1.165) is 10.5 Å². The number of pyridine rings is 1. The molecule has 0 spiro atoms. The number of thioether (sulfide) groups is 1. The van der Waals surface area contributed by atoms with Crippen molar-refractivity contribution in [3.63, 3.8) is 0 Å². The normalized spacial score (nSPS) is 9.80. The van der Waals surface area contributed by atoms with Crippen LogP contribution < -0.4 is 0 Å². The largest absolute Gasteiger partial charge is 0.392 e. The molecule has 0 aliphatic rings. The molecule has 0 saturated heterocycles. The highest BCUT2D eigenvalue weighted by Gasteiger charge is 1.96. The van der Waals surface area contributed by atoms with Crippen LogP contribution in [0.1, 0.15) is 5.56 Å². The van der Waals surface area contributed by atoms with Crippen LogP contribution in [0.25, 0.3) is 0 Å². The standard InChI is InChI=1S/C7H9NOS/c1-10-7-2-3-8-4-6(7)5-9/h2-4,9H,5H2,1H3. The molecule has 1 N–H and O–H groups in total. The van der Waals surface area contributed by atoms with Crippen LogP contribution in [0.4, 0.5) is 0 Å². The summed E-state index contributed by atoms with van der Waals surface area (Å²) >= 11 is 1.62. The second-order valence-electron chi connectivity index (χ2n) is 1.85. The van der Waals surface area contributed by atoms with Crippen molar-refractivity contribution in [2.24, 2.45) is 0 Å². The fourth-order valence-electron chi connectivity index (χ4n) is 0.732. The van der Waals surface area contributed by atoms with E-state index in [-0.39, 0.29) is 6.61 Å². The Hall–Kier alpha value is -0.540. The Morgan fingerprint density at radius 1 is 1.70 bits per heavy atom. The van der Waals surface area contributed by atoms with Crippen LogP contribution in [0.2, 0.25) is 0 Å². The number of rotatable bonds is 2. The van der Waals surface area contributed by atoms with E-state index in [2.05, 4.69) is 4.98 Å². The van der Waals surface area contributed by atoms with E-state index >= 15 is 0 Å². The number of aromatic nitrogens is 1. The molecule has 0 radical (unpaired) electrons. The summed E-state index contributed by atoms with van der Waals surface area (Å²) < 4.78 is 0. The van der Waals surface area contributed by atoms with Gasteiger partial charge in [0.15, 0.2) is 0 Å². The van der Waals surface area contributed by atoms with Crippen molar-refractivity contribution in [3.8, 4) is 0 Å². The van der Waals surface area contributed by atoms with E-state index in [4.69, 9.17) is 5.11 Å². The van der Waals surface area contributed by atoms with Gasteiger partial charge >= 0.3 is 0 Å². The van der Waals surface area contributed by atoms with Gasteiger partial charge in [0.05, 0.1) is 6.61 Å². The fourth-order valence-corrected chi connectivity index (χ4v) is 1.31. The van der Waals surface area contributed by atoms with Crippen LogP contribution in [0.15, 0.2) is 23.4 Å². The molecule has 0 unspecified atom stereocenters. The lowest BCUT2D eigenvalue weighted by atomic mass is 10.3. The van der Waals surface area contributed by atoms with Crippen LogP contribution >= 0.6 is 11.8 Å². The Bertz CT molecular complexity index is 192. The first kappa shape index (κ1) is 7.57. The SMILES string of the molecule is CSc1ccncc1CO. The van der Waals surface area contributed by atoms with E-state index < -0.39 is 0 Å². The molecule has 10 heavy (non-hydrogen) atoms. The van der Waals surface area contributed by atoms with E-state index in [1.54, 1.807) is 24.2 Å². The maximum Gasteiger partial charge on any atom is 0.0707 e. The lowest BCUT2D eigenvalue weighted by molar-refractivity contribution is 0.278. The van der Waals surface area contributed by atoms with E-state index in [1.165, 1.54) is 0 Å². The molecule has 0 saturated carbocycles. The third-order valence-corrected chi connectivity index (χ3v) is 2.09. The van der Waals surface area contributed by atoms with Crippen molar-refractivity contribution in [1.82, 2.24) is 4.98 Å². The summed E-state index contributed by atoms with van der Waals surface area (Å²) in [5.41, 5.74) is 0.898. The van der Waals surface area contributed by atoms with Crippen LogP contribution in [0.3, 0.4) is 0 Å². The number of hydrogen-bond acceptors (Lipinski definition) is 3. The minimum atomic E-state index is 0.0734. The molecule has 0 bridgehead atoms. The maximum atomic E-state index is 8.80. The smallest absolute Gasteiger partial charge is 0.0707 e. The van der Waals surface area contributed by atoms with Crippen LogP contribution in [0, 0.1) is 0 Å². The fraction of sp³-hybridized carbons (Fsp3) is 0.286. The van der Waals surface area contributed by atoms with Crippen molar-refractivity contribution < 1.29 is 5.11 Å². The molecule has 0 aromatic carbocycles. The van der Waals surface area contributed by atoms with Gasteiger partial charge in [-0.15, -0.1) is 11.8 Å². The van der Waals surface area contributed by atoms with Gasteiger partial charge in [0.25, 0.3) is 0 Å². The summed E-state index contributed by atoms with van der Waals surface area (Å²) in [6.07, 6.45) is 5.39. The van der Waals surface area contributed by atoms with Gasteiger partial charge < -0.3 is 5.11 Å². The monoisotopic (exact) mass is 155 g/mol. The molecule has 0 fully saturated rings.